The first kappa shape index (κ1) is 28.9. The van der Waals surface area contributed by atoms with Gasteiger partial charge in [-0.2, -0.15) is 0 Å². The van der Waals surface area contributed by atoms with E-state index in [0.29, 0.717) is 0 Å². The number of benzene rings is 8. The van der Waals surface area contributed by atoms with Gasteiger partial charge in [0, 0.05) is 43.7 Å². The Hall–Kier alpha value is -6.84. The number of fused-ring (bicyclic) bond motifs is 9. The van der Waals surface area contributed by atoms with E-state index in [1.165, 1.54) is 82.5 Å². The zero-order valence-electron chi connectivity index (χ0n) is 28.5. The monoisotopic (exact) mass is 664 g/mol. The molecule has 0 unspecified atom stereocenters. The van der Waals surface area contributed by atoms with Crippen LogP contribution in [0.25, 0.3) is 99.2 Å². The van der Waals surface area contributed by atoms with Crippen LogP contribution in [-0.2, 0) is 0 Å². The van der Waals surface area contributed by atoms with Crippen LogP contribution in [0.5, 0.6) is 0 Å². The van der Waals surface area contributed by atoms with E-state index in [0.717, 1.165) is 22.2 Å². The minimum absolute atomic E-state index is 0.920. The van der Waals surface area contributed by atoms with Gasteiger partial charge in [0.1, 0.15) is 11.2 Å². The standard InChI is InChI=1S/C49H32N2O/c1-31-11-10-18-48-49(31)42-30-35(22-26-47(42)52-48)34-21-25-46-41(29-34)40-28-33(20-24-45(40)51(46)37-14-6-3-7-15-37)32-19-23-44-39(27-32)38-16-8-9-17-43(38)50(44)36-12-4-2-5-13-36/h2-30H,1H3. The second-order valence-electron chi connectivity index (χ2n) is 13.8. The third kappa shape index (κ3) is 4.26. The minimum Gasteiger partial charge on any atom is -0.456 e. The van der Waals surface area contributed by atoms with Crippen LogP contribution in [0.1, 0.15) is 5.56 Å². The van der Waals surface area contributed by atoms with Crippen molar-refractivity contribution in [3.05, 3.63) is 181 Å². The Labute approximate surface area is 300 Å². The largest absolute Gasteiger partial charge is 0.456 e. The minimum atomic E-state index is 0.920. The molecule has 0 radical (unpaired) electrons. The van der Waals surface area contributed by atoms with Crippen molar-refractivity contribution in [2.24, 2.45) is 0 Å². The molecule has 11 aromatic rings. The first-order valence-corrected chi connectivity index (χ1v) is 17.8. The SMILES string of the molecule is Cc1cccc2oc3ccc(-c4ccc5c(c4)c4cc(-c6ccc7c(c6)c6ccccc6n7-c6ccccc6)ccc4n5-c4ccccc4)cc3c12. The molecule has 0 amide bonds. The highest BCUT2D eigenvalue weighted by atomic mass is 16.3. The van der Waals surface area contributed by atoms with Crippen molar-refractivity contribution in [2.45, 2.75) is 6.92 Å². The van der Waals surface area contributed by atoms with Crippen LogP contribution in [-0.4, -0.2) is 9.13 Å². The molecule has 0 saturated carbocycles. The summed E-state index contributed by atoms with van der Waals surface area (Å²) in [5.41, 5.74) is 15.0. The van der Waals surface area contributed by atoms with Gasteiger partial charge < -0.3 is 13.6 Å². The number of aromatic nitrogens is 2. The van der Waals surface area contributed by atoms with Gasteiger partial charge in [0.05, 0.1) is 22.1 Å². The number of hydrogen-bond acceptors (Lipinski definition) is 1. The zero-order valence-corrected chi connectivity index (χ0v) is 28.5. The Morgan fingerprint density at radius 1 is 0.346 bits per heavy atom. The molecular formula is C49H32N2O. The predicted octanol–water partition coefficient (Wildman–Crippen LogP) is 13.4. The maximum atomic E-state index is 6.23. The number of rotatable bonds is 4. The molecule has 0 spiro atoms. The van der Waals surface area contributed by atoms with Crippen molar-refractivity contribution in [2.75, 3.05) is 0 Å². The maximum Gasteiger partial charge on any atom is 0.135 e. The van der Waals surface area contributed by atoms with Crippen LogP contribution in [0, 0.1) is 6.92 Å². The van der Waals surface area contributed by atoms with E-state index in [-0.39, 0.29) is 0 Å². The van der Waals surface area contributed by atoms with Crippen LogP contribution in [0.2, 0.25) is 0 Å². The van der Waals surface area contributed by atoms with Gasteiger partial charge in [0.15, 0.2) is 0 Å². The van der Waals surface area contributed by atoms with Crippen LogP contribution in [0.4, 0.5) is 0 Å². The van der Waals surface area contributed by atoms with E-state index < -0.39 is 0 Å². The molecular weight excluding hydrogens is 633 g/mol. The second-order valence-corrected chi connectivity index (χ2v) is 13.8. The third-order valence-electron chi connectivity index (χ3n) is 10.8. The van der Waals surface area contributed by atoms with Gasteiger partial charge in [0.2, 0.25) is 0 Å². The normalized spacial score (nSPS) is 11.9. The molecule has 8 aromatic carbocycles. The van der Waals surface area contributed by atoms with Crippen LogP contribution in [0.3, 0.4) is 0 Å². The molecule has 0 N–H and O–H groups in total. The number of aryl methyl sites for hydroxylation is 1. The molecule has 0 fully saturated rings. The van der Waals surface area contributed by atoms with Crippen molar-refractivity contribution < 1.29 is 4.42 Å². The number of para-hydroxylation sites is 3. The first-order chi connectivity index (χ1) is 25.7. The van der Waals surface area contributed by atoms with Crippen molar-refractivity contribution in [3.63, 3.8) is 0 Å². The summed E-state index contributed by atoms with van der Waals surface area (Å²) < 4.78 is 11.0. The molecule has 3 heteroatoms. The molecule has 244 valence electrons. The lowest BCUT2D eigenvalue weighted by Gasteiger charge is -2.09. The highest BCUT2D eigenvalue weighted by molar-refractivity contribution is 6.14. The van der Waals surface area contributed by atoms with E-state index in [1.54, 1.807) is 0 Å². The fraction of sp³-hybridized carbons (Fsp3) is 0.0204. The summed E-state index contributed by atoms with van der Waals surface area (Å²) in [6, 6.07) is 63.7. The van der Waals surface area contributed by atoms with E-state index in [4.69, 9.17) is 4.42 Å². The van der Waals surface area contributed by atoms with Gasteiger partial charge in [0.25, 0.3) is 0 Å². The van der Waals surface area contributed by atoms with Gasteiger partial charge in [-0.15, -0.1) is 0 Å². The smallest absolute Gasteiger partial charge is 0.135 e. The molecule has 0 aliphatic carbocycles. The van der Waals surface area contributed by atoms with Crippen LogP contribution in [0.15, 0.2) is 180 Å². The summed E-state index contributed by atoms with van der Waals surface area (Å²) in [6.07, 6.45) is 0. The quantitative estimate of drug-likeness (QED) is 0.184. The van der Waals surface area contributed by atoms with Gasteiger partial charge in [-0.3, -0.25) is 0 Å². The summed E-state index contributed by atoms with van der Waals surface area (Å²) in [5.74, 6) is 0. The number of hydrogen-bond donors (Lipinski definition) is 0. The first-order valence-electron chi connectivity index (χ1n) is 17.8. The van der Waals surface area contributed by atoms with Crippen LogP contribution >= 0.6 is 0 Å². The van der Waals surface area contributed by atoms with E-state index in [2.05, 4.69) is 192 Å². The maximum absolute atomic E-state index is 6.23. The van der Waals surface area contributed by atoms with E-state index in [1.807, 2.05) is 0 Å². The molecule has 52 heavy (non-hydrogen) atoms. The summed E-state index contributed by atoms with van der Waals surface area (Å²) in [6.45, 7) is 2.16. The Bertz CT molecular complexity index is 3180. The lowest BCUT2D eigenvalue weighted by atomic mass is 9.98. The average molecular weight is 665 g/mol. The van der Waals surface area contributed by atoms with Gasteiger partial charge in [-0.25, -0.2) is 0 Å². The lowest BCUT2D eigenvalue weighted by Crippen LogP contribution is -1.93. The summed E-state index contributed by atoms with van der Waals surface area (Å²) in [5, 5.41) is 7.32. The van der Waals surface area contributed by atoms with Gasteiger partial charge in [-0.1, -0.05) is 91.0 Å². The third-order valence-corrected chi connectivity index (χ3v) is 10.8. The van der Waals surface area contributed by atoms with E-state index in [9.17, 15) is 0 Å². The molecule has 0 atom stereocenters. The lowest BCUT2D eigenvalue weighted by molar-refractivity contribution is 0.669. The number of nitrogens with zero attached hydrogens (tertiary/aromatic N) is 2. The fourth-order valence-corrected chi connectivity index (χ4v) is 8.43. The molecule has 0 aliphatic heterocycles. The van der Waals surface area contributed by atoms with Crippen molar-refractivity contribution in [1.82, 2.24) is 9.13 Å². The topological polar surface area (TPSA) is 23.0 Å². The second kappa shape index (κ2) is 11.1. The van der Waals surface area contributed by atoms with Gasteiger partial charge in [-0.05, 0) is 120 Å². The predicted molar refractivity (Wildman–Crippen MR) is 218 cm³/mol. The summed E-state index contributed by atoms with van der Waals surface area (Å²) in [4.78, 5) is 0. The molecule has 3 aromatic heterocycles. The highest BCUT2D eigenvalue weighted by Gasteiger charge is 2.17. The highest BCUT2D eigenvalue weighted by Crippen LogP contribution is 2.40. The Morgan fingerprint density at radius 2 is 0.808 bits per heavy atom. The Morgan fingerprint density at radius 3 is 1.38 bits per heavy atom. The van der Waals surface area contributed by atoms with Crippen molar-refractivity contribution in [3.8, 4) is 33.6 Å². The van der Waals surface area contributed by atoms with E-state index >= 15 is 0 Å². The molecule has 0 aliphatic rings. The fourth-order valence-electron chi connectivity index (χ4n) is 8.43. The molecule has 0 bridgehead atoms. The number of furan rings is 1. The molecule has 0 saturated heterocycles. The Balaban J connectivity index is 1.12. The van der Waals surface area contributed by atoms with Gasteiger partial charge >= 0.3 is 0 Å². The Kier molecular flexibility index (Phi) is 6.17. The van der Waals surface area contributed by atoms with Crippen LogP contribution < -0.4 is 0 Å². The summed E-state index contributed by atoms with van der Waals surface area (Å²) in [7, 11) is 0. The zero-order chi connectivity index (χ0) is 34.3. The summed E-state index contributed by atoms with van der Waals surface area (Å²) >= 11 is 0. The molecule has 3 nitrogen and oxygen atoms in total. The van der Waals surface area contributed by atoms with Crippen molar-refractivity contribution in [1.29, 1.82) is 0 Å². The van der Waals surface area contributed by atoms with Crippen molar-refractivity contribution >= 4 is 65.6 Å². The molecule has 11 rings (SSSR count). The average Bonchev–Trinajstić information content (AvgIpc) is 3.85. The molecule has 3 heterocycles.